The van der Waals surface area contributed by atoms with Crippen LogP contribution in [0.25, 0.3) is 10.9 Å². The Bertz CT molecular complexity index is 693. The van der Waals surface area contributed by atoms with E-state index in [1.54, 1.807) is 18.3 Å². The van der Waals surface area contributed by atoms with E-state index in [9.17, 15) is 8.42 Å². The van der Waals surface area contributed by atoms with Gasteiger partial charge in [0, 0.05) is 18.1 Å². The summed E-state index contributed by atoms with van der Waals surface area (Å²) >= 11 is 0. The lowest BCUT2D eigenvalue weighted by molar-refractivity contribution is 0.568. The van der Waals surface area contributed by atoms with Crippen LogP contribution in [-0.2, 0) is 10.0 Å². The van der Waals surface area contributed by atoms with Gasteiger partial charge in [0.05, 0.1) is 5.52 Å². The standard InChI is InChI=1S/C17H24N2O2S/c1-2-3-4-5-6-7-14-19-22(20,21)16-12-8-10-15-11-9-13-18-17(15)16/h8-13,19H,2-7,14H2,1H3. The number of hydrogen-bond acceptors (Lipinski definition) is 3. The largest absolute Gasteiger partial charge is 0.255 e. The molecule has 22 heavy (non-hydrogen) atoms. The number of para-hydroxylation sites is 1. The third-order valence-corrected chi connectivity index (χ3v) is 5.20. The Morgan fingerprint density at radius 2 is 1.73 bits per heavy atom. The maximum Gasteiger partial charge on any atom is 0.242 e. The fourth-order valence-electron chi connectivity index (χ4n) is 2.48. The smallest absolute Gasteiger partial charge is 0.242 e. The summed E-state index contributed by atoms with van der Waals surface area (Å²) < 4.78 is 27.6. The highest BCUT2D eigenvalue weighted by Gasteiger charge is 2.17. The van der Waals surface area contributed by atoms with E-state index in [0.29, 0.717) is 12.1 Å². The minimum absolute atomic E-state index is 0.261. The molecule has 2 rings (SSSR count). The van der Waals surface area contributed by atoms with Crippen LogP contribution in [0.15, 0.2) is 41.4 Å². The number of unbranched alkanes of at least 4 members (excludes halogenated alkanes) is 5. The maximum absolute atomic E-state index is 12.4. The van der Waals surface area contributed by atoms with Crippen molar-refractivity contribution in [1.29, 1.82) is 0 Å². The molecule has 0 amide bonds. The molecule has 0 saturated heterocycles. The lowest BCUT2D eigenvalue weighted by atomic mass is 10.1. The molecule has 0 bridgehead atoms. The molecule has 0 saturated carbocycles. The highest BCUT2D eigenvalue weighted by Crippen LogP contribution is 2.20. The van der Waals surface area contributed by atoms with E-state index < -0.39 is 10.0 Å². The molecule has 0 spiro atoms. The fraction of sp³-hybridized carbons (Fsp3) is 0.471. The van der Waals surface area contributed by atoms with Gasteiger partial charge in [-0.1, -0.05) is 57.2 Å². The van der Waals surface area contributed by atoms with Crippen molar-refractivity contribution in [3.05, 3.63) is 36.5 Å². The van der Waals surface area contributed by atoms with Crippen molar-refractivity contribution in [2.75, 3.05) is 6.54 Å². The molecule has 4 nitrogen and oxygen atoms in total. The van der Waals surface area contributed by atoms with Crippen molar-refractivity contribution in [1.82, 2.24) is 9.71 Å². The van der Waals surface area contributed by atoms with Crippen LogP contribution in [-0.4, -0.2) is 19.9 Å². The predicted octanol–water partition coefficient (Wildman–Crippen LogP) is 3.87. The number of fused-ring (bicyclic) bond motifs is 1. The number of pyridine rings is 1. The SMILES string of the molecule is CCCCCCCCNS(=O)(=O)c1cccc2cccnc12. The van der Waals surface area contributed by atoms with Crippen molar-refractivity contribution in [3.63, 3.8) is 0 Å². The molecular weight excluding hydrogens is 296 g/mol. The van der Waals surface area contributed by atoms with Crippen LogP contribution in [0.4, 0.5) is 0 Å². The number of rotatable bonds is 9. The molecule has 0 unspecified atom stereocenters. The van der Waals surface area contributed by atoms with Gasteiger partial charge in [-0.15, -0.1) is 0 Å². The predicted molar refractivity (Wildman–Crippen MR) is 90.3 cm³/mol. The first kappa shape index (κ1) is 16.9. The Labute approximate surface area is 133 Å². The number of nitrogens with one attached hydrogen (secondary N) is 1. The number of sulfonamides is 1. The molecule has 1 heterocycles. The van der Waals surface area contributed by atoms with E-state index in [0.717, 1.165) is 18.2 Å². The Hall–Kier alpha value is -1.46. The first-order chi connectivity index (χ1) is 10.6. The first-order valence-electron chi connectivity index (χ1n) is 7.98. The normalized spacial score (nSPS) is 11.9. The van der Waals surface area contributed by atoms with E-state index in [1.165, 1.54) is 25.7 Å². The molecule has 1 aromatic heterocycles. The maximum atomic E-state index is 12.4. The summed E-state index contributed by atoms with van der Waals surface area (Å²) in [5, 5.41) is 0.838. The van der Waals surface area contributed by atoms with Gasteiger partial charge in [-0.05, 0) is 18.6 Å². The first-order valence-corrected chi connectivity index (χ1v) is 9.47. The second-order valence-corrected chi connectivity index (χ2v) is 7.23. The van der Waals surface area contributed by atoms with E-state index in [1.807, 2.05) is 18.2 Å². The van der Waals surface area contributed by atoms with Crippen molar-refractivity contribution in [3.8, 4) is 0 Å². The highest BCUT2D eigenvalue weighted by atomic mass is 32.2. The highest BCUT2D eigenvalue weighted by molar-refractivity contribution is 7.89. The summed E-state index contributed by atoms with van der Waals surface area (Å²) in [5.74, 6) is 0. The van der Waals surface area contributed by atoms with Crippen molar-refractivity contribution < 1.29 is 8.42 Å². The van der Waals surface area contributed by atoms with E-state index in [2.05, 4.69) is 16.6 Å². The van der Waals surface area contributed by atoms with Gasteiger partial charge in [0.2, 0.25) is 10.0 Å². The van der Waals surface area contributed by atoms with E-state index >= 15 is 0 Å². The summed E-state index contributed by atoms with van der Waals surface area (Å²) in [6, 6.07) is 8.91. The Balaban J connectivity index is 1.95. The quantitative estimate of drug-likeness (QED) is 0.713. The van der Waals surface area contributed by atoms with Crippen LogP contribution in [0, 0.1) is 0 Å². The summed E-state index contributed by atoms with van der Waals surface area (Å²) in [4.78, 5) is 4.47. The van der Waals surface area contributed by atoms with Crippen molar-refractivity contribution in [2.24, 2.45) is 0 Å². The second kappa shape index (κ2) is 8.25. The summed E-state index contributed by atoms with van der Waals surface area (Å²) in [5.41, 5.74) is 0.528. The van der Waals surface area contributed by atoms with Gasteiger partial charge in [0.15, 0.2) is 0 Å². The molecule has 1 aromatic carbocycles. The topological polar surface area (TPSA) is 59.1 Å². The summed E-state index contributed by atoms with van der Waals surface area (Å²) in [7, 11) is -3.50. The molecule has 0 aliphatic heterocycles. The van der Waals surface area contributed by atoms with Gasteiger partial charge in [-0.25, -0.2) is 13.1 Å². The van der Waals surface area contributed by atoms with Gasteiger partial charge >= 0.3 is 0 Å². The zero-order chi connectivity index (χ0) is 15.8. The number of hydrogen-bond donors (Lipinski definition) is 1. The van der Waals surface area contributed by atoms with Gasteiger partial charge in [0.1, 0.15) is 4.90 Å². The molecule has 120 valence electrons. The van der Waals surface area contributed by atoms with Gasteiger partial charge in [-0.3, -0.25) is 4.98 Å². The number of nitrogens with zero attached hydrogens (tertiary/aromatic N) is 1. The van der Waals surface area contributed by atoms with Crippen LogP contribution in [0.2, 0.25) is 0 Å². The van der Waals surface area contributed by atoms with E-state index in [-0.39, 0.29) is 4.90 Å². The van der Waals surface area contributed by atoms with Gasteiger partial charge in [0.25, 0.3) is 0 Å². The van der Waals surface area contributed by atoms with Gasteiger partial charge < -0.3 is 0 Å². The Morgan fingerprint density at radius 3 is 2.55 bits per heavy atom. The zero-order valence-corrected chi connectivity index (χ0v) is 13.9. The molecule has 0 aliphatic rings. The third kappa shape index (κ3) is 4.52. The summed E-state index contributed by atoms with van der Waals surface area (Å²) in [6.45, 7) is 2.67. The minimum Gasteiger partial charge on any atom is -0.255 e. The summed E-state index contributed by atoms with van der Waals surface area (Å²) in [6.07, 6.45) is 8.45. The van der Waals surface area contributed by atoms with E-state index in [4.69, 9.17) is 0 Å². The number of benzene rings is 1. The molecule has 5 heteroatoms. The third-order valence-electron chi connectivity index (χ3n) is 3.71. The molecule has 0 aliphatic carbocycles. The van der Waals surface area contributed by atoms with Gasteiger partial charge in [-0.2, -0.15) is 0 Å². The Morgan fingerprint density at radius 1 is 1.00 bits per heavy atom. The van der Waals surface area contributed by atoms with Crippen LogP contribution in [0.5, 0.6) is 0 Å². The molecule has 1 N–H and O–H groups in total. The van der Waals surface area contributed by atoms with Crippen LogP contribution >= 0.6 is 0 Å². The van der Waals surface area contributed by atoms with Crippen molar-refractivity contribution in [2.45, 2.75) is 50.3 Å². The molecule has 2 aromatic rings. The van der Waals surface area contributed by atoms with Crippen LogP contribution < -0.4 is 4.72 Å². The van der Waals surface area contributed by atoms with Crippen molar-refractivity contribution >= 4 is 20.9 Å². The van der Waals surface area contributed by atoms with Crippen LogP contribution in [0.1, 0.15) is 45.4 Å². The lowest BCUT2D eigenvalue weighted by Crippen LogP contribution is -2.25. The lowest BCUT2D eigenvalue weighted by Gasteiger charge is -2.09. The monoisotopic (exact) mass is 320 g/mol. The molecule has 0 radical (unpaired) electrons. The molecular formula is C17H24N2O2S. The number of aromatic nitrogens is 1. The second-order valence-electron chi connectivity index (χ2n) is 5.50. The zero-order valence-electron chi connectivity index (χ0n) is 13.1. The van der Waals surface area contributed by atoms with Crippen LogP contribution in [0.3, 0.4) is 0 Å². The molecule has 0 fully saturated rings. The Kier molecular flexibility index (Phi) is 6.34. The average Bonchev–Trinajstić information content (AvgIpc) is 2.53. The fourth-order valence-corrected chi connectivity index (χ4v) is 3.73. The average molecular weight is 320 g/mol. The molecule has 0 atom stereocenters. The minimum atomic E-state index is -3.50.